The molecule has 0 saturated heterocycles. The maximum atomic E-state index is 12.1. The first-order chi connectivity index (χ1) is 9.26. The van der Waals surface area contributed by atoms with Gasteiger partial charge in [-0.2, -0.15) is 8.78 Å². The minimum Gasteiger partial charge on any atom is -0.433 e. The predicted molar refractivity (Wildman–Crippen MR) is 71.8 cm³/mol. The number of benzene rings is 1. The second-order valence-electron chi connectivity index (χ2n) is 4.01. The van der Waals surface area contributed by atoms with E-state index >= 15 is 0 Å². The van der Waals surface area contributed by atoms with Crippen LogP contribution in [-0.4, -0.2) is 34.7 Å². The standard InChI is InChI=1S/C11H15ClF2N2O3S/c1-7(15-2)6-16-20(17,18)8-3-4-10(9(12)5-8)19-11(13)14/h3-5,7,11,15-16H,6H2,1-2H3. The van der Waals surface area contributed by atoms with Crippen LogP contribution in [0.4, 0.5) is 8.78 Å². The molecule has 0 aliphatic heterocycles. The van der Waals surface area contributed by atoms with Crippen LogP contribution in [0.15, 0.2) is 23.1 Å². The molecule has 5 nitrogen and oxygen atoms in total. The van der Waals surface area contributed by atoms with Gasteiger partial charge in [0, 0.05) is 12.6 Å². The second-order valence-corrected chi connectivity index (χ2v) is 6.19. The lowest BCUT2D eigenvalue weighted by molar-refractivity contribution is -0.0498. The Bertz CT molecular complexity index is 555. The Morgan fingerprint density at radius 1 is 1.40 bits per heavy atom. The Kier molecular flexibility index (Phi) is 6.12. The average molecular weight is 329 g/mol. The first-order valence-electron chi connectivity index (χ1n) is 5.67. The summed E-state index contributed by atoms with van der Waals surface area (Å²) in [5.74, 6) is -0.274. The zero-order valence-electron chi connectivity index (χ0n) is 10.9. The van der Waals surface area contributed by atoms with E-state index in [2.05, 4.69) is 14.8 Å². The first-order valence-corrected chi connectivity index (χ1v) is 7.53. The van der Waals surface area contributed by atoms with Crippen LogP contribution in [0.1, 0.15) is 6.92 Å². The molecule has 0 heterocycles. The fourth-order valence-electron chi connectivity index (χ4n) is 1.26. The summed E-state index contributed by atoms with van der Waals surface area (Å²) in [5, 5.41) is 2.68. The Morgan fingerprint density at radius 2 is 2.05 bits per heavy atom. The van der Waals surface area contributed by atoms with Gasteiger partial charge >= 0.3 is 6.61 Å². The highest BCUT2D eigenvalue weighted by Gasteiger charge is 2.17. The molecule has 1 aromatic rings. The number of sulfonamides is 1. The van der Waals surface area contributed by atoms with Crippen LogP contribution >= 0.6 is 11.6 Å². The minimum absolute atomic E-state index is 0.0540. The van der Waals surface area contributed by atoms with E-state index in [1.807, 2.05) is 0 Å². The third-order valence-corrected chi connectivity index (χ3v) is 4.22. The monoisotopic (exact) mass is 328 g/mol. The van der Waals surface area contributed by atoms with Gasteiger partial charge < -0.3 is 10.1 Å². The number of hydrogen-bond donors (Lipinski definition) is 2. The largest absolute Gasteiger partial charge is 0.433 e. The SMILES string of the molecule is CNC(C)CNS(=O)(=O)c1ccc(OC(F)F)c(Cl)c1. The van der Waals surface area contributed by atoms with Crippen molar-refractivity contribution in [2.75, 3.05) is 13.6 Å². The first kappa shape index (κ1) is 17.1. The zero-order valence-corrected chi connectivity index (χ0v) is 12.4. The fourth-order valence-corrected chi connectivity index (χ4v) is 2.71. The smallest absolute Gasteiger partial charge is 0.387 e. The summed E-state index contributed by atoms with van der Waals surface area (Å²) in [6.07, 6.45) is 0. The van der Waals surface area contributed by atoms with Crippen molar-refractivity contribution in [3.05, 3.63) is 23.2 Å². The average Bonchev–Trinajstić information content (AvgIpc) is 2.37. The van der Waals surface area contributed by atoms with Gasteiger partial charge in [0.25, 0.3) is 0 Å². The van der Waals surface area contributed by atoms with Crippen LogP contribution in [0.2, 0.25) is 5.02 Å². The Morgan fingerprint density at radius 3 is 2.55 bits per heavy atom. The van der Waals surface area contributed by atoms with Crippen molar-refractivity contribution < 1.29 is 21.9 Å². The molecule has 0 bridgehead atoms. The highest BCUT2D eigenvalue weighted by Crippen LogP contribution is 2.28. The maximum Gasteiger partial charge on any atom is 0.387 e. The molecular formula is C11H15ClF2N2O3S. The number of likely N-dealkylation sites (N-methyl/N-ethyl adjacent to an activating group) is 1. The Hall–Kier alpha value is -0.960. The third kappa shape index (κ3) is 4.86. The van der Waals surface area contributed by atoms with E-state index in [9.17, 15) is 17.2 Å². The van der Waals surface area contributed by atoms with Crippen LogP contribution in [0.25, 0.3) is 0 Å². The van der Waals surface area contributed by atoms with Gasteiger partial charge in [-0.1, -0.05) is 11.6 Å². The summed E-state index contributed by atoms with van der Waals surface area (Å²) >= 11 is 5.71. The van der Waals surface area contributed by atoms with Crippen molar-refractivity contribution in [2.24, 2.45) is 0 Å². The molecule has 0 aliphatic carbocycles. The van der Waals surface area contributed by atoms with Gasteiger partial charge in [-0.05, 0) is 32.2 Å². The van der Waals surface area contributed by atoms with Crippen LogP contribution in [0, 0.1) is 0 Å². The molecule has 0 radical (unpaired) electrons. The lowest BCUT2D eigenvalue weighted by atomic mass is 10.3. The highest BCUT2D eigenvalue weighted by atomic mass is 35.5. The fraction of sp³-hybridized carbons (Fsp3) is 0.455. The number of rotatable bonds is 7. The Balaban J connectivity index is 2.88. The van der Waals surface area contributed by atoms with E-state index in [0.717, 1.165) is 18.2 Å². The molecule has 9 heteroatoms. The Labute approximate surface area is 121 Å². The lowest BCUT2D eigenvalue weighted by Crippen LogP contribution is -2.37. The van der Waals surface area contributed by atoms with Gasteiger partial charge in [-0.15, -0.1) is 0 Å². The second kappa shape index (κ2) is 7.16. The maximum absolute atomic E-state index is 12.1. The lowest BCUT2D eigenvalue weighted by Gasteiger charge is -2.13. The number of nitrogens with one attached hydrogen (secondary N) is 2. The molecule has 0 aliphatic rings. The predicted octanol–water partition coefficient (Wildman–Crippen LogP) is 1.83. The molecule has 1 unspecified atom stereocenters. The summed E-state index contributed by atoms with van der Waals surface area (Å²) in [6.45, 7) is -1.04. The molecule has 0 spiro atoms. The molecule has 114 valence electrons. The molecule has 1 aromatic carbocycles. The summed E-state index contributed by atoms with van der Waals surface area (Å²) in [7, 11) is -2.05. The quantitative estimate of drug-likeness (QED) is 0.801. The van der Waals surface area contributed by atoms with Crippen LogP contribution in [-0.2, 0) is 10.0 Å². The van der Waals surface area contributed by atoms with Gasteiger partial charge in [-0.25, -0.2) is 13.1 Å². The molecule has 1 rings (SSSR count). The van der Waals surface area contributed by atoms with Gasteiger partial charge in [0.15, 0.2) is 0 Å². The van der Waals surface area contributed by atoms with Crippen molar-refractivity contribution >= 4 is 21.6 Å². The van der Waals surface area contributed by atoms with Crippen molar-refractivity contribution in [1.82, 2.24) is 10.0 Å². The number of hydrogen-bond acceptors (Lipinski definition) is 4. The van der Waals surface area contributed by atoms with E-state index in [4.69, 9.17) is 11.6 Å². The molecule has 0 amide bonds. The number of halogens is 3. The van der Waals surface area contributed by atoms with E-state index in [0.29, 0.717) is 0 Å². The minimum atomic E-state index is -3.75. The summed E-state index contributed by atoms with van der Waals surface area (Å²) in [5.41, 5.74) is 0. The normalized spacial score (nSPS) is 13.5. The molecular weight excluding hydrogens is 314 g/mol. The zero-order chi connectivity index (χ0) is 15.3. The van der Waals surface area contributed by atoms with E-state index in [1.165, 1.54) is 0 Å². The van der Waals surface area contributed by atoms with Gasteiger partial charge in [-0.3, -0.25) is 0 Å². The highest BCUT2D eigenvalue weighted by molar-refractivity contribution is 7.89. The summed E-state index contributed by atoms with van der Waals surface area (Å²) < 4.78 is 54.5. The van der Waals surface area contributed by atoms with Crippen molar-refractivity contribution in [1.29, 1.82) is 0 Å². The van der Waals surface area contributed by atoms with E-state index in [-0.39, 0.29) is 28.3 Å². The summed E-state index contributed by atoms with van der Waals surface area (Å²) in [6, 6.07) is 3.24. The molecule has 20 heavy (non-hydrogen) atoms. The van der Waals surface area contributed by atoms with Gasteiger partial charge in [0.05, 0.1) is 9.92 Å². The molecule has 1 atom stereocenters. The topological polar surface area (TPSA) is 67.4 Å². The molecule has 0 aromatic heterocycles. The third-order valence-electron chi connectivity index (χ3n) is 2.50. The van der Waals surface area contributed by atoms with Crippen LogP contribution in [0.3, 0.4) is 0 Å². The van der Waals surface area contributed by atoms with Crippen molar-refractivity contribution in [2.45, 2.75) is 24.5 Å². The van der Waals surface area contributed by atoms with Crippen molar-refractivity contribution in [3.8, 4) is 5.75 Å². The van der Waals surface area contributed by atoms with Crippen LogP contribution < -0.4 is 14.8 Å². The van der Waals surface area contributed by atoms with Crippen LogP contribution in [0.5, 0.6) is 5.75 Å². The van der Waals surface area contributed by atoms with Gasteiger partial charge in [0.1, 0.15) is 5.75 Å². The van der Waals surface area contributed by atoms with Crippen molar-refractivity contribution in [3.63, 3.8) is 0 Å². The molecule has 0 saturated carbocycles. The van der Waals surface area contributed by atoms with Gasteiger partial charge in [0.2, 0.25) is 10.0 Å². The summed E-state index contributed by atoms with van der Waals surface area (Å²) in [4.78, 5) is -0.118. The molecule has 0 fully saturated rings. The van der Waals surface area contributed by atoms with E-state index < -0.39 is 16.6 Å². The molecule has 2 N–H and O–H groups in total. The number of ether oxygens (including phenoxy) is 1. The van der Waals surface area contributed by atoms with E-state index in [1.54, 1.807) is 14.0 Å². The number of alkyl halides is 2.